The highest BCUT2D eigenvalue weighted by molar-refractivity contribution is 4.90. The second-order valence-electron chi connectivity index (χ2n) is 5.08. The Labute approximate surface area is 95.4 Å². The zero-order valence-corrected chi connectivity index (χ0v) is 9.64. The molecule has 2 atom stereocenters. The van der Waals surface area contributed by atoms with Gasteiger partial charge in [-0.15, -0.1) is 0 Å². The number of aliphatic hydroxyl groups excluding tert-OH is 1. The van der Waals surface area contributed by atoms with Crippen LogP contribution in [0.25, 0.3) is 0 Å². The van der Waals surface area contributed by atoms with Crippen LogP contribution >= 0.6 is 0 Å². The summed E-state index contributed by atoms with van der Waals surface area (Å²) in [6.45, 7) is 0. The Morgan fingerprint density at radius 1 is 1.25 bits per heavy atom. The van der Waals surface area contributed by atoms with Crippen LogP contribution in [0.1, 0.15) is 32.1 Å². The maximum absolute atomic E-state index is 13.0. The number of nitrogens with zero attached hydrogens (tertiary/aromatic N) is 1. The Morgan fingerprint density at radius 2 is 1.88 bits per heavy atom. The second kappa shape index (κ2) is 4.96. The van der Waals surface area contributed by atoms with Crippen molar-refractivity contribution in [2.24, 2.45) is 5.92 Å². The lowest BCUT2D eigenvalue weighted by atomic mass is 9.81. The van der Waals surface area contributed by atoms with Crippen LogP contribution in [0.5, 0.6) is 0 Å². The van der Waals surface area contributed by atoms with E-state index in [1.807, 2.05) is 12.1 Å². The molecule has 2 unspecified atom stereocenters. The topological polar surface area (TPSA) is 55.7 Å². The van der Waals surface area contributed by atoms with Crippen molar-refractivity contribution in [1.82, 2.24) is 10.4 Å². The Hall–Kier alpha value is -0.230. The van der Waals surface area contributed by atoms with Gasteiger partial charge >= 0.3 is 0 Å². The average Bonchev–Trinajstić information content (AvgIpc) is 2.62. The van der Waals surface area contributed by atoms with Gasteiger partial charge in [-0.25, -0.2) is 14.8 Å². The van der Waals surface area contributed by atoms with Crippen molar-refractivity contribution in [3.05, 3.63) is 0 Å². The van der Waals surface area contributed by atoms with Gasteiger partial charge in [0.2, 0.25) is 0 Å². The second-order valence-corrected chi connectivity index (χ2v) is 5.08. The Bertz CT molecular complexity index is 232. The number of hydrogen-bond acceptors (Lipinski definition) is 4. The molecule has 2 fully saturated rings. The molecular formula is C11H21FN2O2. The summed E-state index contributed by atoms with van der Waals surface area (Å²) in [5.74, 6) is 0.480. The molecule has 0 spiro atoms. The third kappa shape index (κ3) is 2.53. The highest BCUT2D eigenvalue weighted by atomic mass is 19.1. The van der Waals surface area contributed by atoms with Crippen LogP contribution < -0.4 is 5.43 Å². The monoisotopic (exact) mass is 232 g/mol. The van der Waals surface area contributed by atoms with Crippen LogP contribution in [0.3, 0.4) is 0 Å². The summed E-state index contributed by atoms with van der Waals surface area (Å²) in [5.41, 5.74) is 3.05. The number of alkyl halides is 1. The third-order valence-corrected chi connectivity index (χ3v) is 3.97. The van der Waals surface area contributed by atoms with E-state index in [2.05, 4.69) is 5.43 Å². The Morgan fingerprint density at radius 3 is 2.38 bits per heavy atom. The summed E-state index contributed by atoms with van der Waals surface area (Å²) in [6.07, 6.45) is 1.91. The van der Waals surface area contributed by atoms with Gasteiger partial charge in [0.05, 0.1) is 6.04 Å². The summed E-state index contributed by atoms with van der Waals surface area (Å²) in [6, 6.07) is 0.0254. The zero-order chi connectivity index (χ0) is 11.7. The number of halogens is 1. The fourth-order valence-electron chi connectivity index (χ4n) is 2.99. The van der Waals surface area contributed by atoms with Crippen LogP contribution in [-0.2, 0) is 0 Å². The molecule has 0 aromatic heterocycles. The fraction of sp³-hybridized carbons (Fsp3) is 1.00. The number of aliphatic hydroxyl groups is 2. The van der Waals surface area contributed by atoms with E-state index in [-0.39, 0.29) is 6.04 Å². The van der Waals surface area contributed by atoms with Gasteiger partial charge in [0.15, 0.2) is 6.29 Å². The standard InChI is InChI=1S/C11H21FN2O2/c1-14-10(6-9(13-14)11(15)16)7-2-4-8(12)5-3-7/h7-11,13,15-16H,2-6H2,1H3. The van der Waals surface area contributed by atoms with Crippen molar-refractivity contribution in [3.8, 4) is 0 Å². The summed E-state index contributed by atoms with van der Waals surface area (Å²) >= 11 is 0. The summed E-state index contributed by atoms with van der Waals surface area (Å²) in [7, 11) is 1.93. The van der Waals surface area contributed by atoms with E-state index in [0.29, 0.717) is 24.8 Å². The van der Waals surface area contributed by atoms with E-state index in [1.165, 1.54) is 0 Å². The highest BCUT2D eigenvalue weighted by Crippen LogP contribution is 2.34. The number of nitrogens with one attached hydrogen (secondary N) is 1. The minimum Gasteiger partial charge on any atom is -0.367 e. The molecule has 4 nitrogen and oxygen atoms in total. The van der Waals surface area contributed by atoms with Crippen LogP contribution in [0, 0.1) is 5.92 Å². The van der Waals surface area contributed by atoms with Crippen LogP contribution in [0.2, 0.25) is 0 Å². The smallest absolute Gasteiger partial charge is 0.168 e. The summed E-state index contributed by atoms with van der Waals surface area (Å²) in [5, 5.41) is 20.2. The molecule has 16 heavy (non-hydrogen) atoms. The number of hydrogen-bond donors (Lipinski definition) is 3. The van der Waals surface area contributed by atoms with Gasteiger partial charge in [-0.05, 0) is 38.0 Å². The van der Waals surface area contributed by atoms with Crippen molar-refractivity contribution in [2.75, 3.05) is 7.05 Å². The molecule has 3 N–H and O–H groups in total. The quantitative estimate of drug-likeness (QED) is 0.603. The van der Waals surface area contributed by atoms with E-state index < -0.39 is 12.5 Å². The molecular weight excluding hydrogens is 211 g/mol. The van der Waals surface area contributed by atoms with Crippen molar-refractivity contribution in [1.29, 1.82) is 0 Å². The van der Waals surface area contributed by atoms with E-state index in [1.54, 1.807) is 0 Å². The lowest BCUT2D eigenvalue weighted by Crippen LogP contribution is -2.42. The normalized spacial score (nSPS) is 41.8. The first kappa shape index (κ1) is 12.2. The van der Waals surface area contributed by atoms with Gasteiger partial charge in [-0.2, -0.15) is 0 Å². The van der Waals surface area contributed by atoms with Crippen LogP contribution in [0.4, 0.5) is 4.39 Å². The molecule has 1 aliphatic heterocycles. The summed E-state index contributed by atoms with van der Waals surface area (Å²) < 4.78 is 13.0. The molecule has 0 aromatic rings. The van der Waals surface area contributed by atoms with Gasteiger partial charge < -0.3 is 10.2 Å². The Balaban J connectivity index is 1.90. The third-order valence-electron chi connectivity index (χ3n) is 3.97. The molecule has 0 bridgehead atoms. The zero-order valence-electron chi connectivity index (χ0n) is 9.64. The minimum absolute atomic E-state index is 0.280. The molecule has 5 heteroatoms. The maximum Gasteiger partial charge on any atom is 0.168 e. The van der Waals surface area contributed by atoms with Gasteiger partial charge in [0.25, 0.3) is 0 Å². The van der Waals surface area contributed by atoms with Gasteiger partial charge in [-0.1, -0.05) is 0 Å². The van der Waals surface area contributed by atoms with Gasteiger partial charge in [0, 0.05) is 13.1 Å². The SMILES string of the molecule is CN1NC(C(O)O)CC1C1CCC(F)CC1. The first-order valence-corrected chi connectivity index (χ1v) is 6.07. The Kier molecular flexibility index (Phi) is 3.79. The molecule has 1 saturated heterocycles. The predicted molar refractivity (Wildman–Crippen MR) is 58.2 cm³/mol. The molecule has 1 heterocycles. The predicted octanol–water partition coefficient (Wildman–Crippen LogP) is 0.403. The van der Waals surface area contributed by atoms with E-state index in [4.69, 9.17) is 10.2 Å². The van der Waals surface area contributed by atoms with Gasteiger partial charge in [-0.3, -0.25) is 0 Å². The molecule has 94 valence electrons. The van der Waals surface area contributed by atoms with Crippen molar-refractivity contribution in [3.63, 3.8) is 0 Å². The van der Waals surface area contributed by atoms with Crippen molar-refractivity contribution < 1.29 is 14.6 Å². The van der Waals surface area contributed by atoms with E-state index >= 15 is 0 Å². The van der Waals surface area contributed by atoms with Gasteiger partial charge in [0.1, 0.15) is 6.17 Å². The maximum atomic E-state index is 13.0. The lowest BCUT2D eigenvalue weighted by molar-refractivity contribution is -0.0680. The van der Waals surface area contributed by atoms with Crippen LogP contribution in [-0.4, -0.2) is 46.8 Å². The first-order chi connectivity index (χ1) is 7.58. The van der Waals surface area contributed by atoms with E-state index in [9.17, 15) is 4.39 Å². The molecule has 2 rings (SSSR count). The first-order valence-electron chi connectivity index (χ1n) is 6.07. The lowest BCUT2D eigenvalue weighted by Gasteiger charge is -2.32. The largest absolute Gasteiger partial charge is 0.367 e. The van der Waals surface area contributed by atoms with Crippen molar-refractivity contribution >= 4 is 0 Å². The molecule has 2 aliphatic rings. The average molecular weight is 232 g/mol. The molecule has 1 aliphatic carbocycles. The molecule has 0 aromatic carbocycles. The molecule has 1 saturated carbocycles. The summed E-state index contributed by atoms with van der Waals surface area (Å²) in [4.78, 5) is 0. The minimum atomic E-state index is -1.31. The molecule has 0 radical (unpaired) electrons. The number of rotatable bonds is 2. The van der Waals surface area contributed by atoms with Crippen molar-refractivity contribution in [2.45, 2.75) is 56.6 Å². The molecule has 0 amide bonds. The van der Waals surface area contributed by atoms with Crippen LogP contribution in [0.15, 0.2) is 0 Å². The fourth-order valence-corrected chi connectivity index (χ4v) is 2.99. The van der Waals surface area contributed by atoms with E-state index in [0.717, 1.165) is 19.3 Å². The highest BCUT2D eigenvalue weighted by Gasteiger charge is 2.38. The number of hydrazine groups is 1.